The van der Waals surface area contributed by atoms with Crippen LogP contribution >= 0.6 is 0 Å². The lowest BCUT2D eigenvalue weighted by Crippen LogP contribution is -2.37. The predicted molar refractivity (Wildman–Crippen MR) is 70.6 cm³/mol. The fourth-order valence-corrected chi connectivity index (χ4v) is 1.76. The summed E-state index contributed by atoms with van der Waals surface area (Å²) >= 11 is 0. The molecule has 0 saturated heterocycles. The van der Waals surface area contributed by atoms with Crippen LogP contribution in [0.15, 0.2) is 0 Å². The average Bonchev–Trinajstić information content (AvgIpc) is 2.24. The molecule has 0 aromatic carbocycles. The van der Waals surface area contributed by atoms with Crippen LogP contribution in [0.4, 0.5) is 0 Å². The quantitative estimate of drug-likeness (QED) is 0.666. The first-order valence-corrected chi connectivity index (χ1v) is 6.32. The first kappa shape index (κ1) is 16.4. The average molecular weight is 241 g/mol. The molecule has 1 unspecified atom stereocenters. The molecule has 0 fully saturated rings. The molecule has 0 heterocycles. The molecular weight excluding hydrogens is 214 g/mol. The van der Waals surface area contributed by atoms with Gasteiger partial charge in [-0.25, -0.2) is 0 Å². The van der Waals surface area contributed by atoms with Crippen LogP contribution in [0.3, 0.4) is 0 Å². The third-order valence-corrected chi connectivity index (χ3v) is 2.66. The summed E-state index contributed by atoms with van der Waals surface area (Å²) in [6.07, 6.45) is 1.70. The van der Waals surface area contributed by atoms with Crippen LogP contribution in [0.25, 0.3) is 0 Å². The highest BCUT2D eigenvalue weighted by molar-refractivity contribution is 5.00. The predicted octanol–water partition coefficient (Wildman–Crippen LogP) is 1.61. The molecule has 0 spiro atoms. The van der Waals surface area contributed by atoms with Crippen LogP contribution < -0.4 is 5.73 Å². The molecule has 2 N–H and O–H groups in total. The molecule has 0 amide bonds. The van der Waals surface area contributed by atoms with Crippen molar-refractivity contribution in [2.24, 2.45) is 11.7 Å². The van der Waals surface area contributed by atoms with Gasteiger partial charge < -0.3 is 15.4 Å². The van der Waals surface area contributed by atoms with E-state index in [1.165, 1.54) is 0 Å². The van der Waals surface area contributed by atoms with E-state index < -0.39 is 5.54 Å². The summed E-state index contributed by atoms with van der Waals surface area (Å²) in [4.78, 5) is 2.38. The number of nitrogens with zero attached hydrogens (tertiary/aromatic N) is 2. The lowest BCUT2D eigenvalue weighted by atomic mass is 9.99. The number of methoxy groups -OCH3 is 1. The van der Waals surface area contributed by atoms with Crippen molar-refractivity contribution in [3.63, 3.8) is 0 Å². The van der Waals surface area contributed by atoms with Gasteiger partial charge in [-0.3, -0.25) is 0 Å². The molecule has 0 aliphatic carbocycles. The highest BCUT2D eigenvalue weighted by Crippen LogP contribution is 2.09. The van der Waals surface area contributed by atoms with Crippen molar-refractivity contribution >= 4 is 0 Å². The minimum absolute atomic E-state index is 0.645. The zero-order valence-corrected chi connectivity index (χ0v) is 11.7. The highest BCUT2D eigenvalue weighted by atomic mass is 16.5. The molecule has 1 atom stereocenters. The zero-order valence-electron chi connectivity index (χ0n) is 11.7. The van der Waals surface area contributed by atoms with Gasteiger partial charge in [0.25, 0.3) is 0 Å². The fourth-order valence-electron chi connectivity index (χ4n) is 1.76. The second-order valence-electron chi connectivity index (χ2n) is 5.32. The Labute approximate surface area is 106 Å². The fraction of sp³-hybridized carbons (Fsp3) is 0.923. The number of hydrogen-bond donors (Lipinski definition) is 1. The van der Waals surface area contributed by atoms with Crippen molar-refractivity contribution in [1.82, 2.24) is 4.90 Å². The lowest BCUT2D eigenvalue weighted by molar-refractivity contribution is 0.138. The van der Waals surface area contributed by atoms with Crippen LogP contribution in [0.2, 0.25) is 0 Å². The van der Waals surface area contributed by atoms with E-state index in [1.807, 2.05) is 0 Å². The Bertz CT molecular complexity index is 233. The Kier molecular flexibility index (Phi) is 8.15. The third-order valence-electron chi connectivity index (χ3n) is 2.66. The largest absolute Gasteiger partial charge is 0.383 e. The summed E-state index contributed by atoms with van der Waals surface area (Å²) in [6.45, 7) is 9.96. The minimum Gasteiger partial charge on any atom is -0.383 e. The van der Waals surface area contributed by atoms with E-state index in [0.29, 0.717) is 5.92 Å². The van der Waals surface area contributed by atoms with Gasteiger partial charge in [0, 0.05) is 20.2 Å². The van der Waals surface area contributed by atoms with Crippen LogP contribution in [0.5, 0.6) is 0 Å². The van der Waals surface area contributed by atoms with E-state index in [4.69, 9.17) is 15.7 Å². The molecule has 0 radical (unpaired) electrons. The molecule has 100 valence electrons. The van der Waals surface area contributed by atoms with Gasteiger partial charge in [-0.05, 0) is 32.2 Å². The smallest absolute Gasteiger partial charge is 0.101 e. The SMILES string of the molecule is COCCN(CCCC(C)(N)C#N)CC(C)C. The van der Waals surface area contributed by atoms with Gasteiger partial charge in [0.2, 0.25) is 0 Å². The number of rotatable bonds is 9. The summed E-state index contributed by atoms with van der Waals surface area (Å²) < 4.78 is 5.10. The van der Waals surface area contributed by atoms with Crippen LogP contribution in [-0.4, -0.2) is 43.8 Å². The molecule has 0 aromatic heterocycles. The van der Waals surface area contributed by atoms with E-state index in [-0.39, 0.29) is 0 Å². The van der Waals surface area contributed by atoms with Crippen molar-refractivity contribution in [1.29, 1.82) is 5.26 Å². The summed E-state index contributed by atoms with van der Waals surface area (Å²) in [5.74, 6) is 0.645. The summed E-state index contributed by atoms with van der Waals surface area (Å²) in [7, 11) is 1.72. The number of nitriles is 1. The standard InChI is InChI=1S/C13H27N3O/c1-12(2)10-16(8-9-17-4)7-5-6-13(3,15)11-14/h12H,5-10,15H2,1-4H3. The van der Waals surface area contributed by atoms with Gasteiger partial charge in [-0.15, -0.1) is 0 Å². The lowest BCUT2D eigenvalue weighted by Gasteiger charge is -2.25. The van der Waals surface area contributed by atoms with Gasteiger partial charge in [0.05, 0.1) is 12.7 Å². The van der Waals surface area contributed by atoms with Gasteiger partial charge >= 0.3 is 0 Å². The Morgan fingerprint density at radius 1 is 1.41 bits per heavy atom. The second-order valence-corrected chi connectivity index (χ2v) is 5.32. The van der Waals surface area contributed by atoms with E-state index in [0.717, 1.165) is 39.1 Å². The summed E-state index contributed by atoms with van der Waals surface area (Å²) in [5, 5.41) is 8.84. The molecule has 0 rings (SSSR count). The van der Waals surface area contributed by atoms with Crippen molar-refractivity contribution < 1.29 is 4.74 Å². The zero-order chi connectivity index (χ0) is 13.3. The van der Waals surface area contributed by atoms with Gasteiger partial charge in [-0.1, -0.05) is 13.8 Å². The Balaban J connectivity index is 3.95. The second kappa shape index (κ2) is 8.46. The first-order valence-electron chi connectivity index (χ1n) is 6.32. The van der Waals surface area contributed by atoms with E-state index >= 15 is 0 Å². The van der Waals surface area contributed by atoms with Gasteiger partial charge in [0.1, 0.15) is 5.54 Å². The topological polar surface area (TPSA) is 62.3 Å². The normalized spacial score (nSPS) is 14.9. The number of ether oxygens (including phenoxy) is 1. The first-order chi connectivity index (χ1) is 7.91. The molecule has 0 bridgehead atoms. The summed E-state index contributed by atoms with van der Waals surface area (Å²) in [5.41, 5.74) is 5.11. The maximum Gasteiger partial charge on any atom is 0.101 e. The monoisotopic (exact) mass is 241 g/mol. The minimum atomic E-state index is -0.690. The van der Waals surface area contributed by atoms with Crippen molar-refractivity contribution in [3.05, 3.63) is 0 Å². The number of nitrogens with two attached hydrogens (primary N) is 1. The Morgan fingerprint density at radius 2 is 2.06 bits per heavy atom. The van der Waals surface area contributed by atoms with Crippen molar-refractivity contribution in [2.45, 2.75) is 39.2 Å². The van der Waals surface area contributed by atoms with E-state index in [9.17, 15) is 0 Å². The Morgan fingerprint density at radius 3 is 2.53 bits per heavy atom. The molecule has 17 heavy (non-hydrogen) atoms. The van der Waals surface area contributed by atoms with Gasteiger partial charge in [0.15, 0.2) is 0 Å². The highest BCUT2D eigenvalue weighted by Gasteiger charge is 2.17. The van der Waals surface area contributed by atoms with Crippen LogP contribution in [0, 0.1) is 17.2 Å². The molecule has 0 aliphatic rings. The Hall–Kier alpha value is -0.630. The van der Waals surface area contributed by atoms with Crippen molar-refractivity contribution in [3.8, 4) is 6.07 Å². The molecule has 0 saturated carbocycles. The maximum absolute atomic E-state index is 8.84. The molecule has 4 heteroatoms. The maximum atomic E-state index is 8.84. The van der Waals surface area contributed by atoms with Crippen LogP contribution in [0.1, 0.15) is 33.6 Å². The van der Waals surface area contributed by atoms with Gasteiger partial charge in [-0.2, -0.15) is 5.26 Å². The molecule has 4 nitrogen and oxygen atoms in total. The van der Waals surface area contributed by atoms with Crippen LogP contribution in [-0.2, 0) is 4.74 Å². The molecular formula is C13H27N3O. The molecule has 0 aliphatic heterocycles. The van der Waals surface area contributed by atoms with E-state index in [1.54, 1.807) is 14.0 Å². The molecule has 0 aromatic rings. The number of hydrogen-bond acceptors (Lipinski definition) is 4. The third kappa shape index (κ3) is 9.11. The summed E-state index contributed by atoms with van der Waals surface area (Å²) in [6, 6.07) is 2.13. The van der Waals surface area contributed by atoms with E-state index in [2.05, 4.69) is 24.8 Å². The van der Waals surface area contributed by atoms with Crippen molar-refractivity contribution in [2.75, 3.05) is 33.4 Å².